The summed E-state index contributed by atoms with van der Waals surface area (Å²) < 4.78 is 5.43. The normalized spacial score (nSPS) is 10.3. The van der Waals surface area contributed by atoms with E-state index in [0.717, 1.165) is 5.69 Å². The minimum Gasteiger partial charge on any atom is -0.486 e. The number of hydrogen-bond donors (Lipinski definition) is 0. The Hall–Kier alpha value is -1.92. The zero-order chi connectivity index (χ0) is 14.7. The number of ether oxygens (including phenoxy) is 1. The molecule has 8 heteroatoms. The van der Waals surface area contributed by atoms with Gasteiger partial charge in [-0.25, -0.2) is 9.97 Å². The maximum Gasteiger partial charge on any atom is 0.288 e. The SMILES string of the molecule is Cc1cc(Cl)nc(COc2ccc([N+](=O)[O-])c(Cl)c2)n1. The Kier molecular flexibility index (Phi) is 4.36. The van der Waals surface area contributed by atoms with Crippen LogP contribution >= 0.6 is 23.2 Å². The van der Waals surface area contributed by atoms with Gasteiger partial charge < -0.3 is 4.74 Å². The van der Waals surface area contributed by atoms with E-state index in [9.17, 15) is 10.1 Å². The first-order valence-corrected chi connectivity index (χ1v) is 6.28. The lowest BCUT2D eigenvalue weighted by atomic mass is 10.3. The van der Waals surface area contributed by atoms with Crippen molar-refractivity contribution in [3.63, 3.8) is 0 Å². The molecule has 20 heavy (non-hydrogen) atoms. The van der Waals surface area contributed by atoms with Crippen LogP contribution in [0.5, 0.6) is 5.75 Å². The highest BCUT2D eigenvalue weighted by Crippen LogP contribution is 2.28. The van der Waals surface area contributed by atoms with Crippen LogP contribution in [0.4, 0.5) is 5.69 Å². The molecule has 0 unspecified atom stereocenters. The quantitative estimate of drug-likeness (QED) is 0.489. The Labute approximate surface area is 124 Å². The number of aryl methyl sites for hydroxylation is 1. The van der Waals surface area contributed by atoms with Crippen molar-refractivity contribution < 1.29 is 9.66 Å². The Morgan fingerprint density at radius 2 is 2.05 bits per heavy atom. The van der Waals surface area contributed by atoms with E-state index in [2.05, 4.69) is 9.97 Å². The predicted octanol–water partition coefficient (Wildman–Crippen LogP) is 3.58. The number of halogens is 2. The van der Waals surface area contributed by atoms with Crippen LogP contribution in [0.25, 0.3) is 0 Å². The molecule has 6 nitrogen and oxygen atoms in total. The third-order valence-electron chi connectivity index (χ3n) is 2.35. The van der Waals surface area contributed by atoms with Gasteiger partial charge in [0.05, 0.1) is 4.92 Å². The molecule has 0 N–H and O–H groups in total. The van der Waals surface area contributed by atoms with Gasteiger partial charge in [-0.05, 0) is 19.1 Å². The molecule has 1 aromatic carbocycles. The van der Waals surface area contributed by atoms with Crippen molar-refractivity contribution in [1.82, 2.24) is 9.97 Å². The summed E-state index contributed by atoms with van der Waals surface area (Å²) in [4.78, 5) is 18.2. The summed E-state index contributed by atoms with van der Waals surface area (Å²) in [6.45, 7) is 1.88. The molecule has 0 aliphatic carbocycles. The van der Waals surface area contributed by atoms with Crippen LogP contribution in [-0.4, -0.2) is 14.9 Å². The van der Waals surface area contributed by atoms with Gasteiger partial charge in [0.1, 0.15) is 22.5 Å². The molecule has 2 aromatic rings. The van der Waals surface area contributed by atoms with Crippen molar-refractivity contribution >= 4 is 28.9 Å². The summed E-state index contributed by atoms with van der Waals surface area (Å²) in [5.74, 6) is 0.811. The lowest BCUT2D eigenvalue weighted by Crippen LogP contribution is -2.03. The molecule has 1 heterocycles. The molecule has 0 bridgehead atoms. The Balaban J connectivity index is 2.11. The van der Waals surface area contributed by atoms with E-state index >= 15 is 0 Å². The van der Waals surface area contributed by atoms with Crippen molar-refractivity contribution in [3.8, 4) is 5.75 Å². The van der Waals surface area contributed by atoms with Crippen molar-refractivity contribution in [1.29, 1.82) is 0 Å². The van der Waals surface area contributed by atoms with Crippen molar-refractivity contribution in [2.45, 2.75) is 13.5 Å². The molecule has 0 aliphatic heterocycles. The molecule has 0 radical (unpaired) electrons. The van der Waals surface area contributed by atoms with Gasteiger partial charge >= 0.3 is 0 Å². The molecule has 0 saturated heterocycles. The predicted molar refractivity (Wildman–Crippen MR) is 74.2 cm³/mol. The lowest BCUT2D eigenvalue weighted by Gasteiger charge is -2.06. The van der Waals surface area contributed by atoms with E-state index in [4.69, 9.17) is 27.9 Å². The van der Waals surface area contributed by atoms with Crippen LogP contribution < -0.4 is 4.74 Å². The second-order valence-corrected chi connectivity index (χ2v) is 4.70. The van der Waals surface area contributed by atoms with Gasteiger partial charge in [0.15, 0.2) is 5.82 Å². The number of benzene rings is 1. The third-order valence-corrected chi connectivity index (χ3v) is 2.85. The summed E-state index contributed by atoms with van der Waals surface area (Å²) in [6.07, 6.45) is 0. The largest absolute Gasteiger partial charge is 0.486 e. The average Bonchev–Trinajstić information content (AvgIpc) is 2.35. The van der Waals surface area contributed by atoms with E-state index in [1.54, 1.807) is 13.0 Å². The van der Waals surface area contributed by atoms with Gasteiger partial charge in [-0.1, -0.05) is 23.2 Å². The van der Waals surface area contributed by atoms with Gasteiger partial charge in [-0.3, -0.25) is 10.1 Å². The minimum atomic E-state index is -0.560. The zero-order valence-corrected chi connectivity index (χ0v) is 11.9. The maximum atomic E-state index is 10.6. The lowest BCUT2D eigenvalue weighted by molar-refractivity contribution is -0.384. The summed E-state index contributed by atoms with van der Waals surface area (Å²) in [5, 5.41) is 11.0. The molecule has 1 aromatic heterocycles. The smallest absolute Gasteiger partial charge is 0.288 e. The average molecular weight is 314 g/mol. The Morgan fingerprint density at radius 3 is 2.65 bits per heavy atom. The van der Waals surface area contributed by atoms with Crippen LogP contribution in [-0.2, 0) is 6.61 Å². The van der Waals surface area contributed by atoms with Crippen LogP contribution in [0.1, 0.15) is 11.5 Å². The fourth-order valence-electron chi connectivity index (χ4n) is 1.53. The molecular formula is C12H9Cl2N3O3. The topological polar surface area (TPSA) is 78.2 Å². The number of nitro groups is 1. The Morgan fingerprint density at radius 1 is 1.30 bits per heavy atom. The molecule has 0 spiro atoms. The van der Waals surface area contributed by atoms with Gasteiger partial charge in [-0.15, -0.1) is 0 Å². The van der Waals surface area contributed by atoms with Gasteiger partial charge in [0, 0.05) is 17.8 Å². The standard InChI is InChI=1S/C12H9Cl2N3O3/c1-7-4-11(14)16-12(15-7)6-20-8-2-3-10(17(18)19)9(13)5-8/h2-5H,6H2,1H3. The van der Waals surface area contributed by atoms with Crippen LogP contribution in [0.3, 0.4) is 0 Å². The summed E-state index contributed by atoms with van der Waals surface area (Å²) >= 11 is 11.6. The molecule has 0 saturated carbocycles. The van der Waals surface area contributed by atoms with E-state index in [-0.39, 0.29) is 17.3 Å². The number of aromatic nitrogens is 2. The van der Waals surface area contributed by atoms with Crippen molar-refractivity contribution in [3.05, 3.63) is 56.1 Å². The van der Waals surface area contributed by atoms with E-state index in [1.165, 1.54) is 18.2 Å². The fourth-order valence-corrected chi connectivity index (χ4v) is 2.02. The van der Waals surface area contributed by atoms with Gasteiger partial charge in [0.2, 0.25) is 0 Å². The molecule has 0 atom stereocenters. The first kappa shape index (κ1) is 14.5. The number of hydrogen-bond acceptors (Lipinski definition) is 5. The van der Waals surface area contributed by atoms with E-state index < -0.39 is 4.92 Å². The first-order valence-electron chi connectivity index (χ1n) is 5.52. The van der Waals surface area contributed by atoms with Crippen molar-refractivity contribution in [2.75, 3.05) is 0 Å². The van der Waals surface area contributed by atoms with E-state index in [1.807, 2.05) is 0 Å². The zero-order valence-electron chi connectivity index (χ0n) is 10.3. The first-order chi connectivity index (χ1) is 9.45. The third kappa shape index (κ3) is 3.55. The second kappa shape index (κ2) is 6.02. The molecule has 104 valence electrons. The number of rotatable bonds is 4. The molecule has 2 rings (SSSR count). The number of nitro benzene ring substituents is 1. The highest BCUT2D eigenvalue weighted by Gasteiger charge is 2.12. The molecule has 0 aliphatic rings. The second-order valence-electron chi connectivity index (χ2n) is 3.91. The van der Waals surface area contributed by atoms with Crippen LogP contribution in [0.2, 0.25) is 10.2 Å². The minimum absolute atomic E-state index is 0.00990. The van der Waals surface area contributed by atoms with Gasteiger partial charge in [-0.2, -0.15) is 0 Å². The molecular weight excluding hydrogens is 305 g/mol. The molecule has 0 fully saturated rings. The number of nitrogens with zero attached hydrogens (tertiary/aromatic N) is 3. The van der Waals surface area contributed by atoms with Crippen LogP contribution in [0, 0.1) is 17.0 Å². The van der Waals surface area contributed by atoms with Crippen LogP contribution in [0.15, 0.2) is 24.3 Å². The van der Waals surface area contributed by atoms with E-state index in [0.29, 0.717) is 16.7 Å². The highest BCUT2D eigenvalue weighted by molar-refractivity contribution is 6.32. The maximum absolute atomic E-state index is 10.6. The van der Waals surface area contributed by atoms with Crippen molar-refractivity contribution in [2.24, 2.45) is 0 Å². The summed E-state index contributed by atoms with van der Waals surface area (Å²) in [7, 11) is 0. The molecule has 0 amide bonds. The fraction of sp³-hybridized carbons (Fsp3) is 0.167. The monoisotopic (exact) mass is 313 g/mol. The summed E-state index contributed by atoms with van der Waals surface area (Å²) in [6, 6.07) is 5.74. The van der Waals surface area contributed by atoms with Gasteiger partial charge in [0.25, 0.3) is 5.69 Å². The summed E-state index contributed by atoms with van der Waals surface area (Å²) in [5.41, 5.74) is 0.555. The highest BCUT2D eigenvalue weighted by atomic mass is 35.5. The Bertz CT molecular complexity index is 644.